The van der Waals surface area contributed by atoms with Gasteiger partial charge in [-0.05, 0) is 30.7 Å². The van der Waals surface area contributed by atoms with E-state index in [-0.39, 0.29) is 35.1 Å². The van der Waals surface area contributed by atoms with Crippen molar-refractivity contribution in [3.63, 3.8) is 0 Å². The smallest absolute Gasteiger partial charge is 0.252 e. The minimum Gasteiger partial charge on any atom is -0.316 e. The third-order valence-corrected chi connectivity index (χ3v) is 8.51. The van der Waals surface area contributed by atoms with E-state index in [2.05, 4.69) is 20.9 Å². The molecule has 8 heteroatoms. The largest absolute Gasteiger partial charge is 0.316 e. The van der Waals surface area contributed by atoms with Crippen LogP contribution in [0.5, 0.6) is 0 Å². The lowest BCUT2D eigenvalue weighted by molar-refractivity contribution is -0.117. The first-order chi connectivity index (χ1) is 13.3. The summed E-state index contributed by atoms with van der Waals surface area (Å²) in [5.74, 6) is -0.0175. The van der Waals surface area contributed by atoms with Gasteiger partial charge >= 0.3 is 0 Å². The van der Waals surface area contributed by atoms with Crippen LogP contribution in [0.1, 0.15) is 11.1 Å². The van der Waals surface area contributed by atoms with E-state index >= 15 is 0 Å². The summed E-state index contributed by atoms with van der Waals surface area (Å²) in [7, 11) is -3.08. The predicted octanol–water partition coefficient (Wildman–Crippen LogP) is 3.60. The third-order valence-electron chi connectivity index (χ3n) is 4.81. The van der Waals surface area contributed by atoms with Crippen molar-refractivity contribution in [1.29, 1.82) is 0 Å². The van der Waals surface area contributed by atoms with Crippen LogP contribution in [0.2, 0.25) is 0 Å². The maximum atomic E-state index is 12.6. The van der Waals surface area contributed by atoms with E-state index < -0.39 is 9.84 Å². The first-order valence-corrected chi connectivity index (χ1v) is 12.4. The van der Waals surface area contributed by atoms with E-state index in [4.69, 9.17) is 0 Å². The summed E-state index contributed by atoms with van der Waals surface area (Å²) in [6.45, 7) is 1.99. The quantitative estimate of drug-likeness (QED) is 0.673. The van der Waals surface area contributed by atoms with Gasteiger partial charge in [-0.1, -0.05) is 63.6 Å². The number of amides is 1. The van der Waals surface area contributed by atoms with Crippen LogP contribution < -0.4 is 4.90 Å². The van der Waals surface area contributed by atoms with E-state index in [1.54, 1.807) is 0 Å². The molecule has 28 heavy (non-hydrogen) atoms. The van der Waals surface area contributed by atoms with Gasteiger partial charge in [0.1, 0.15) is 0 Å². The maximum Gasteiger partial charge on any atom is 0.252 e. The molecule has 0 bridgehead atoms. The molecule has 2 heterocycles. The van der Waals surface area contributed by atoms with Gasteiger partial charge in [-0.2, -0.15) is 4.99 Å². The highest BCUT2D eigenvalue weighted by molar-refractivity contribution is 9.10. The molecule has 146 valence electrons. The molecular weight excluding hydrogens is 460 g/mol. The molecule has 4 rings (SSSR count). The zero-order chi connectivity index (χ0) is 19.9. The van der Waals surface area contributed by atoms with E-state index in [0.29, 0.717) is 5.17 Å². The summed E-state index contributed by atoms with van der Waals surface area (Å²) in [6, 6.07) is 15.3. The van der Waals surface area contributed by atoms with Crippen molar-refractivity contribution in [1.82, 2.24) is 0 Å². The Kier molecular flexibility index (Phi) is 5.37. The van der Waals surface area contributed by atoms with Gasteiger partial charge in [0.2, 0.25) is 0 Å². The first-order valence-electron chi connectivity index (χ1n) is 8.90. The summed E-state index contributed by atoms with van der Waals surface area (Å²) in [5, 5.41) is 0.482. The van der Waals surface area contributed by atoms with Gasteiger partial charge in [-0.25, -0.2) is 8.42 Å². The number of amidine groups is 1. The predicted molar refractivity (Wildman–Crippen MR) is 118 cm³/mol. The molecule has 5 nitrogen and oxygen atoms in total. The number of carbonyl (C=O) groups is 1. The number of anilines is 1. The molecule has 0 aliphatic carbocycles. The summed E-state index contributed by atoms with van der Waals surface area (Å²) in [4.78, 5) is 18.9. The van der Waals surface area contributed by atoms with Gasteiger partial charge in [0.25, 0.3) is 5.91 Å². The number of carbonyl (C=O) groups excluding carboxylic acids is 1. The van der Waals surface area contributed by atoms with Gasteiger partial charge < -0.3 is 4.90 Å². The second-order valence-electron chi connectivity index (χ2n) is 7.10. The van der Waals surface area contributed by atoms with Crippen LogP contribution in [0.25, 0.3) is 0 Å². The highest BCUT2D eigenvalue weighted by Gasteiger charge is 2.49. The number of rotatable bonds is 3. The zero-order valence-corrected chi connectivity index (χ0v) is 18.4. The van der Waals surface area contributed by atoms with Crippen molar-refractivity contribution >= 4 is 54.3 Å². The Morgan fingerprint density at radius 3 is 2.75 bits per heavy atom. The number of nitrogens with zero attached hydrogens (tertiary/aromatic N) is 2. The number of fused-ring (bicyclic) bond motifs is 1. The molecule has 2 aromatic rings. The Morgan fingerprint density at radius 2 is 2.00 bits per heavy atom. The lowest BCUT2D eigenvalue weighted by Crippen LogP contribution is -2.37. The molecule has 2 atom stereocenters. The Hall–Kier alpha value is -1.64. The molecule has 0 aromatic heterocycles. The minimum absolute atomic E-state index is 0.0856. The molecule has 0 spiro atoms. The Morgan fingerprint density at radius 1 is 1.21 bits per heavy atom. The van der Waals surface area contributed by atoms with Gasteiger partial charge in [0, 0.05) is 15.4 Å². The van der Waals surface area contributed by atoms with Crippen molar-refractivity contribution in [2.75, 3.05) is 16.4 Å². The number of benzene rings is 2. The van der Waals surface area contributed by atoms with Crippen LogP contribution >= 0.6 is 27.7 Å². The van der Waals surface area contributed by atoms with Gasteiger partial charge in [-0.15, -0.1) is 0 Å². The van der Waals surface area contributed by atoms with E-state index in [1.165, 1.54) is 11.8 Å². The highest BCUT2D eigenvalue weighted by atomic mass is 79.9. The zero-order valence-electron chi connectivity index (χ0n) is 15.2. The number of thioether (sulfide) groups is 1. The van der Waals surface area contributed by atoms with Crippen molar-refractivity contribution < 1.29 is 13.2 Å². The molecule has 0 N–H and O–H groups in total. The summed E-state index contributed by atoms with van der Waals surface area (Å²) in [5.41, 5.74) is 2.87. The third kappa shape index (κ3) is 4.18. The monoisotopic (exact) mass is 478 g/mol. The fraction of sp³-hybridized carbons (Fsp3) is 0.300. The average molecular weight is 479 g/mol. The number of aliphatic imine (C=N–C) groups is 1. The highest BCUT2D eigenvalue weighted by Crippen LogP contribution is 2.41. The molecule has 2 fully saturated rings. The Bertz CT molecular complexity index is 1070. The number of halogens is 1. The summed E-state index contributed by atoms with van der Waals surface area (Å²) in [6.07, 6.45) is 0.228. The van der Waals surface area contributed by atoms with Crippen LogP contribution in [0, 0.1) is 6.92 Å². The number of sulfone groups is 1. The number of hydrogen-bond donors (Lipinski definition) is 0. The fourth-order valence-electron chi connectivity index (χ4n) is 3.64. The maximum absolute atomic E-state index is 12.6. The lowest BCUT2D eigenvalue weighted by Gasteiger charge is -2.24. The molecule has 0 radical (unpaired) electrons. The van der Waals surface area contributed by atoms with Crippen molar-refractivity contribution in [2.45, 2.75) is 24.6 Å². The van der Waals surface area contributed by atoms with E-state index in [0.717, 1.165) is 21.3 Å². The topological polar surface area (TPSA) is 66.8 Å². The SMILES string of the molecule is Cc1cccc(CC(=O)N=C2S[C@@H]3CS(=O)(=O)C[C@H]3N2c2cccc(Br)c2)c1. The van der Waals surface area contributed by atoms with Gasteiger partial charge in [-0.3, -0.25) is 4.79 Å². The van der Waals surface area contributed by atoms with E-state index in [1.807, 2.05) is 60.4 Å². The lowest BCUT2D eigenvalue weighted by atomic mass is 10.1. The normalized spacial score (nSPS) is 24.5. The van der Waals surface area contributed by atoms with E-state index in [9.17, 15) is 13.2 Å². The summed E-state index contributed by atoms with van der Waals surface area (Å²) >= 11 is 4.86. The van der Waals surface area contributed by atoms with Crippen LogP contribution in [-0.2, 0) is 21.1 Å². The van der Waals surface area contributed by atoms with Crippen molar-refractivity contribution in [3.8, 4) is 0 Å². The second-order valence-corrected chi connectivity index (χ2v) is 11.4. The minimum atomic E-state index is -3.08. The Balaban J connectivity index is 1.65. The molecular formula is C20H19BrN2O3S2. The molecule has 2 aromatic carbocycles. The molecule has 2 aliphatic heterocycles. The second kappa shape index (κ2) is 7.65. The van der Waals surface area contributed by atoms with Crippen LogP contribution in [0.3, 0.4) is 0 Å². The first kappa shape index (κ1) is 19.7. The Labute approximate surface area is 177 Å². The molecule has 0 unspecified atom stereocenters. The fourth-order valence-corrected chi connectivity index (χ4v) is 7.95. The van der Waals surface area contributed by atoms with Crippen LogP contribution in [0.4, 0.5) is 5.69 Å². The van der Waals surface area contributed by atoms with Gasteiger partial charge in [0.15, 0.2) is 15.0 Å². The summed E-state index contributed by atoms with van der Waals surface area (Å²) < 4.78 is 25.2. The standard InChI is InChI=1S/C20H19BrN2O3S2/c1-13-4-2-5-14(8-13)9-19(24)22-20-23(16-7-3-6-15(21)10-16)17-11-28(25,26)12-18(17)27-20/h2-8,10,17-18H,9,11-12H2,1H3/t17-,18-/m1/s1. The molecule has 2 aliphatic rings. The molecule has 2 saturated heterocycles. The number of hydrogen-bond acceptors (Lipinski definition) is 4. The molecule has 0 saturated carbocycles. The average Bonchev–Trinajstić information content (AvgIpc) is 3.05. The van der Waals surface area contributed by atoms with Gasteiger partial charge in [0.05, 0.1) is 24.0 Å². The molecule has 1 amide bonds. The number of aryl methyl sites for hydroxylation is 1. The van der Waals surface area contributed by atoms with Crippen LogP contribution in [0.15, 0.2) is 58.0 Å². The van der Waals surface area contributed by atoms with Crippen LogP contribution in [-0.4, -0.2) is 42.3 Å². The van der Waals surface area contributed by atoms with Crippen molar-refractivity contribution in [2.24, 2.45) is 4.99 Å². The van der Waals surface area contributed by atoms with Crippen molar-refractivity contribution in [3.05, 3.63) is 64.1 Å².